The van der Waals surface area contributed by atoms with Gasteiger partial charge in [-0.05, 0) is 36.9 Å². The monoisotopic (exact) mass is 456 g/mol. The number of thiophene rings is 1. The van der Waals surface area contributed by atoms with Gasteiger partial charge in [-0.1, -0.05) is 23.8 Å². The topological polar surface area (TPSA) is 91.4 Å². The van der Waals surface area contributed by atoms with Crippen LogP contribution in [-0.2, 0) is 20.9 Å². The van der Waals surface area contributed by atoms with E-state index in [0.717, 1.165) is 16.0 Å². The largest absolute Gasteiger partial charge is 0.350 e. The molecular weight excluding hydrogens is 432 g/mol. The lowest BCUT2D eigenvalue weighted by atomic mass is 10.1. The predicted octanol–water partition coefficient (Wildman–Crippen LogP) is 3.89. The molecule has 2 aromatic heterocycles. The summed E-state index contributed by atoms with van der Waals surface area (Å²) in [5.74, 6) is -0.826. The molecule has 0 atom stereocenters. The van der Waals surface area contributed by atoms with E-state index in [1.54, 1.807) is 22.9 Å². The predicted molar refractivity (Wildman–Crippen MR) is 124 cm³/mol. The van der Waals surface area contributed by atoms with Crippen molar-refractivity contribution in [2.24, 2.45) is 0 Å². The standard InChI is InChI=1S/C22H24N4O3S2/c1-15-5-6-18(16(2)12-15)26(14-20(28)24-13-17-4-3-10-30-17)21(29)8-7-19(27)25-22-23-9-11-31-22/h3-6,9-12H,7-8,13-14H2,1-2H3,(H,24,28)(H,23,25,27). The van der Waals surface area contributed by atoms with Gasteiger partial charge in [0.15, 0.2) is 5.13 Å². The molecule has 9 heteroatoms. The first-order valence-corrected chi connectivity index (χ1v) is 11.5. The van der Waals surface area contributed by atoms with Crippen molar-refractivity contribution in [2.45, 2.75) is 33.2 Å². The number of thiazole rings is 1. The maximum absolute atomic E-state index is 13.0. The number of carbonyl (C=O) groups excluding carboxylic acids is 3. The summed E-state index contributed by atoms with van der Waals surface area (Å²) in [6.07, 6.45) is 1.60. The van der Waals surface area contributed by atoms with Crippen molar-refractivity contribution < 1.29 is 14.4 Å². The summed E-state index contributed by atoms with van der Waals surface area (Å²) in [5, 5.41) is 9.73. The molecule has 0 fully saturated rings. The molecule has 0 saturated carbocycles. The number of hydrogen-bond donors (Lipinski definition) is 2. The van der Waals surface area contributed by atoms with Gasteiger partial charge in [0, 0.05) is 35.0 Å². The van der Waals surface area contributed by atoms with Gasteiger partial charge in [0.25, 0.3) is 0 Å². The van der Waals surface area contributed by atoms with E-state index in [1.807, 2.05) is 49.6 Å². The van der Waals surface area contributed by atoms with Crippen LogP contribution in [-0.4, -0.2) is 29.3 Å². The van der Waals surface area contributed by atoms with E-state index >= 15 is 0 Å². The molecule has 3 rings (SSSR count). The second kappa shape index (κ2) is 10.8. The Balaban J connectivity index is 1.66. The molecule has 0 spiro atoms. The van der Waals surface area contributed by atoms with Crippen molar-refractivity contribution in [2.75, 3.05) is 16.8 Å². The van der Waals surface area contributed by atoms with Gasteiger partial charge >= 0.3 is 0 Å². The Morgan fingerprint density at radius 3 is 2.55 bits per heavy atom. The van der Waals surface area contributed by atoms with E-state index < -0.39 is 0 Å². The van der Waals surface area contributed by atoms with Crippen LogP contribution in [0.4, 0.5) is 10.8 Å². The van der Waals surface area contributed by atoms with Crippen molar-refractivity contribution in [1.82, 2.24) is 10.3 Å². The molecule has 3 aromatic rings. The molecule has 0 aliphatic heterocycles. The Kier molecular flexibility index (Phi) is 7.91. The van der Waals surface area contributed by atoms with E-state index in [4.69, 9.17) is 0 Å². The number of amides is 3. The van der Waals surface area contributed by atoms with Crippen LogP contribution in [0.15, 0.2) is 47.3 Å². The Morgan fingerprint density at radius 1 is 1.03 bits per heavy atom. The van der Waals surface area contributed by atoms with Crippen molar-refractivity contribution in [3.05, 3.63) is 63.3 Å². The summed E-state index contributed by atoms with van der Waals surface area (Å²) in [6, 6.07) is 9.58. The van der Waals surface area contributed by atoms with Gasteiger partial charge in [-0.2, -0.15) is 0 Å². The Labute approximate surface area is 189 Å². The Morgan fingerprint density at radius 2 is 1.87 bits per heavy atom. The minimum Gasteiger partial charge on any atom is -0.350 e. The number of aryl methyl sites for hydroxylation is 2. The van der Waals surface area contributed by atoms with Crippen LogP contribution in [0.2, 0.25) is 0 Å². The Hall–Kier alpha value is -3.04. The SMILES string of the molecule is Cc1ccc(N(CC(=O)NCc2cccs2)C(=O)CCC(=O)Nc2nccs2)c(C)c1. The van der Waals surface area contributed by atoms with Crippen LogP contribution in [0.25, 0.3) is 0 Å². The highest BCUT2D eigenvalue weighted by Crippen LogP contribution is 2.22. The fraction of sp³-hybridized carbons (Fsp3) is 0.273. The van der Waals surface area contributed by atoms with E-state index in [0.29, 0.717) is 17.4 Å². The summed E-state index contributed by atoms with van der Waals surface area (Å²) in [7, 11) is 0. The number of nitrogens with zero attached hydrogens (tertiary/aromatic N) is 2. The molecule has 7 nitrogen and oxygen atoms in total. The molecule has 0 bridgehead atoms. The zero-order valence-corrected chi connectivity index (χ0v) is 19.0. The van der Waals surface area contributed by atoms with E-state index in [9.17, 15) is 14.4 Å². The highest BCUT2D eigenvalue weighted by Gasteiger charge is 2.21. The zero-order valence-electron chi connectivity index (χ0n) is 17.4. The molecule has 162 valence electrons. The number of hydrogen-bond acceptors (Lipinski definition) is 6. The minimum absolute atomic E-state index is 0.0106. The smallest absolute Gasteiger partial charge is 0.240 e. The van der Waals surface area contributed by atoms with Crippen LogP contribution in [0.3, 0.4) is 0 Å². The zero-order chi connectivity index (χ0) is 22.2. The Bertz CT molecular complexity index is 1030. The molecular formula is C22H24N4O3S2. The normalized spacial score (nSPS) is 10.5. The highest BCUT2D eigenvalue weighted by molar-refractivity contribution is 7.13. The first-order chi connectivity index (χ1) is 14.9. The summed E-state index contributed by atoms with van der Waals surface area (Å²) in [4.78, 5) is 44.2. The molecule has 0 saturated heterocycles. The summed E-state index contributed by atoms with van der Waals surface area (Å²) < 4.78 is 0. The van der Waals surface area contributed by atoms with Gasteiger partial charge in [-0.25, -0.2) is 4.98 Å². The van der Waals surface area contributed by atoms with Gasteiger partial charge in [0.1, 0.15) is 6.54 Å². The second-order valence-corrected chi connectivity index (χ2v) is 8.94. The first-order valence-electron chi connectivity index (χ1n) is 9.78. The number of nitrogens with one attached hydrogen (secondary N) is 2. The highest BCUT2D eigenvalue weighted by atomic mass is 32.1. The number of rotatable bonds is 9. The van der Waals surface area contributed by atoms with Gasteiger partial charge in [-0.3, -0.25) is 14.4 Å². The number of anilines is 2. The summed E-state index contributed by atoms with van der Waals surface area (Å²) >= 11 is 2.87. The third-order valence-electron chi connectivity index (χ3n) is 4.53. The average Bonchev–Trinajstić information content (AvgIpc) is 3.43. The van der Waals surface area contributed by atoms with Gasteiger partial charge < -0.3 is 15.5 Å². The average molecular weight is 457 g/mol. The summed E-state index contributed by atoms with van der Waals surface area (Å²) in [6.45, 7) is 4.19. The van der Waals surface area contributed by atoms with Gasteiger partial charge in [0.05, 0.1) is 6.54 Å². The lowest BCUT2D eigenvalue weighted by Crippen LogP contribution is -2.41. The fourth-order valence-electron chi connectivity index (χ4n) is 3.04. The van der Waals surface area contributed by atoms with E-state index in [-0.39, 0.29) is 37.1 Å². The molecule has 0 radical (unpaired) electrons. The number of aromatic nitrogens is 1. The number of benzene rings is 1. The maximum atomic E-state index is 13.0. The van der Waals surface area contributed by atoms with Crippen molar-refractivity contribution in [3.8, 4) is 0 Å². The van der Waals surface area contributed by atoms with E-state index in [2.05, 4.69) is 15.6 Å². The molecule has 2 N–H and O–H groups in total. The van der Waals surface area contributed by atoms with Gasteiger partial charge in [0.2, 0.25) is 17.7 Å². The van der Waals surface area contributed by atoms with Crippen LogP contribution < -0.4 is 15.5 Å². The van der Waals surface area contributed by atoms with Crippen LogP contribution in [0, 0.1) is 13.8 Å². The maximum Gasteiger partial charge on any atom is 0.240 e. The molecule has 1 aromatic carbocycles. The molecule has 3 amide bonds. The molecule has 0 unspecified atom stereocenters. The lowest BCUT2D eigenvalue weighted by Gasteiger charge is -2.24. The third-order valence-corrected chi connectivity index (χ3v) is 6.10. The third kappa shape index (κ3) is 6.73. The number of carbonyl (C=O) groups is 3. The quantitative estimate of drug-likeness (QED) is 0.511. The summed E-state index contributed by atoms with van der Waals surface area (Å²) in [5.41, 5.74) is 2.63. The van der Waals surface area contributed by atoms with Crippen LogP contribution >= 0.6 is 22.7 Å². The van der Waals surface area contributed by atoms with Gasteiger partial charge in [-0.15, -0.1) is 22.7 Å². The molecule has 0 aliphatic rings. The molecule has 2 heterocycles. The van der Waals surface area contributed by atoms with Crippen molar-refractivity contribution >= 4 is 51.2 Å². The van der Waals surface area contributed by atoms with Crippen molar-refractivity contribution in [3.63, 3.8) is 0 Å². The second-order valence-electron chi connectivity index (χ2n) is 7.01. The lowest BCUT2D eigenvalue weighted by molar-refractivity contribution is -0.125. The van der Waals surface area contributed by atoms with Crippen LogP contribution in [0.5, 0.6) is 0 Å². The van der Waals surface area contributed by atoms with Crippen molar-refractivity contribution in [1.29, 1.82) is 0 Å². The molecule has 31 heavy (non-hydrogen) atoms. The fourth-order valence-corrected chi connectivity index (χ4v) is 4.23. The first kappa shape index (κ1) is 22.6. The van der Waals surface area contributed by atoms with E-state index in [1.165, 1.54) is 16.2 Å². The minimum atomic E-state index is -0.286. The molecule has 0 aliphatic carbocycles. The van der Waals surface area contributed by atoms with Crippen LogP contribution in [0.1, 0.15) is 28.8 Å².